The van der Waals surface area contributed by atoms with Crippen LogP contribution in [0.15, 0.2) is 41.4 Å². The number of hydrogen-bond acceptors (Lipinski definition) is 6. The van der Waals surface area contributed by atoms with Crippen molar-refractivity contribution in [2.24, 2.45) is 10.7 Å². The van der Waals surface area contributed by atoms with Crippen LogP contribution in [0, 0.1) is 5.82 Å². The molecule has 2 aromatic rings. The number of guanidine groups is 1. The summed E-state index contributed by atoms with van der Waals surface area (Å²) in [7, 11) is 0. The van der Waals surface area contributed by atoms with Gasteiger partial charge in [-0.25, -0.2) is 9.38 Å². The molecule has 1 unspecified atom stereocenters. The zero-order valence-electron chi connectivity index (χ0n) is 21.0. The van der Waals surface area contributed by atoms with E-state index in [9.17, 15) is 14.0 Å². The Bertz CT molecular complexity index is 1180. The summed E-state index contributed by atoms with van der Waals surface area (Å²) < 4.78 is 25.2. The number of benzene rings is 2. The van der Waals surface area contributed by atoms with E-state index in [1.807, 2.05) is 20.8 Å². The first-order valence-corrected chi connectivity index (χ1v) is 12.4. The normalized spacial score (nSPS) is 18.7. The Balaban J connectivity index is 1.58. The fourth-order valence-electron chi connectivity index (χ4n) is 4.74. The molecule has 0 aromatic heterocycles. The molecule has 0 radical (unpaired) electrons. The summed E-state index contributed by atoms with van der Waals surface area (Å²) in [5.41, 5.74) is 7.42. The second-order valence-electron chi connectivity index (χ2n) is 9.16. The Kier molecular flexibility index (Phi) is 7.47. The standard InChI is InChI=1S/C27H33FN4O4/c1-4-27(5-2)15-24(33)32(26(29)31-27)16-18-13-17(7-9-22(18)35-6-3)25(34)30-21-11-12-36-23-10-8-19(28)14-20(21)23/h7-10,13-14,21H,4-6,11-12,15-16H2,1-3H3,(H2,29,31)(H,30,34). The number of aliphatic imine (C=N–C) groups is 1. The molecule has 0 saturated carbocycles. The van der Waals surface area contributed by atoms with E-state index in [4.69, 9.17) is 15.2 Å². The lowest BCUT2D eigenvalue weighted by Crippen LogP contribution is -2.50. The van der Waals surface area contributed by atoms with Gasteiger partial charge in [-0.2, -0.15) is 0 Å². The third-order valence-corrected chi connectivity index (χ3v) is 6.99. The van der Waals surface area contributed by atoms with Crippen LogP contribution in [0.5, 0.6) is 11.5 Å². The van der Waals surface area contributed by atoms with Crippen molar-refractivity contribution in [3.05, 3.63) is 58.9 Å². The molecule has 0 saturated heterocycles. The van der Waals surface area contributed by atoms with Crippen LogP contribution in [-0.2, 0) is 11.3 Å². The maximum Gasteiger partial charge on any atom is 0.251 e. The van der Waals surface area contributed by atoms with Crippen molar-refractivity contribution in [2.75, 3.05) is 13.2 Å². The van der Waals surface area contributed by atoms with E-state index in [2.05, 4.69) is 10.3 Å². The molecule has 0 spiro atoms. The highest BCUT2D eigenvalue weighted by Gasteiger charge is 2.37. The highest BCUT2D eigenvalue weighted by molar-refractivity contribution is 5.99. The van der Waals surface area contributed by atoms with E-state index in [1.54, 1.807) is 24.3 Å². The zero-order valence-corrected chi connectivity index (χ0v) is 21.0. The number of amides is 2. The van der Waals surface area contributed by atoms with Crippen molar-refractivity contribution in [1.82, 2.24) is 10.2 Å². The fraction of sp³-hybridized carbons (Fsp3) is 0.444. The molecule has 8 nitrogen and oxygen atoms in total. The van der Waals surface area contributed by atoms with E-state index in [1.165, 1.54) is 17.0 Å². The molecule has 2 amide bonds. The summed E-state index contributed by atoms with van der Waals surface area (Å²) in [5.74, 6) is 0.494. The van der Waals surface area contributed by atoms with Crippen LogP contribution < -0.4 is 20.5 Å². The van der Waals surface area contributed by atoms with Gasteiger partial charge < -0.3 is 20.5 Å². The van der Waals surface area contributed by atoms with Crippen LogP contribution >= 0.6 is 0 Å². The highest BCUT2D eigenvalue weighted by Crippen LogP contribution is 2.34. The van der Waals surface area contributed by atoms with E-state index in [0.29, 0.717) is 47.8 Å². The molecule has 2 aliphatic rings. The van der Waals surface area contributed by atoms with Gasteiger partial charge in [-0.15, -0.1) is 0 Å². The van der Waals surface area contributed by atoms with Gasteiger partial charge in [-0.3, -0.25) is 14.5 Å². The van der Waals surface area contributed by atoms with E-state index in [0.717, 1.165) is 12.8 Å². The molecule has 36 heavy (non-hydrogen) atoms. The van der Waals surface area contributed by atoms with Gasteiger partial charge in [0.15, 0.2) is 5.96 Å². The number of hydrogen-bond donors (Lipinski definition) is 2. The van der Waals surface area contributed by atoms with Crippen molar-refractivity contribution >= 4 is 17.8 Å². The first kappa shape index (κ1) is 25.5. The monoisotopic (exact) mass is 496 g/mol. The lowest BCUT2D eigenvalue weighted by Gasteiger charge is -2.36. The predicted octanol–water partition coefficient (Wildman–Crippen LogP) is 4.08. The summed E-state index contributed by atoms with van der Waals surface area (Å²) in [4.78, 5) is 32.3. The maximum atomic E-state index is 13.8. The van der Waals surface area contributed by atoms with Crippen molar-refractivity contribution in [1.29, 1.82) is 0 Å². The van der Waals surface area contributed by atoms with Crippen molar-refractivity contribution in [3.63, 3.8) is 0 Å². The number of nitrogens with one attached hydrogen (secondary N) is 1. The lowest BCUT2D eigenvalue weighted by molar-refractivity contribution is -0.130. The van der Waals surface area contributed by atoms with Gasteiger partial charge in [-0.1, -0.05) is 13.8 Å². The van der Waals surface area contributed by atoms with Crippen LogP contribution in [0.2, 0.25) is 0 Å². The van der Waals surface area contributed by atoms with E-state index >= 15 is 0 Å². The van der Waals surface area contributed by atoms with Gasteiger partial charge in [0.25, 0.3) is 5.91 Å². The zero-order chi connectivity index (χ0) is 25.9. The Hall–Kier alpha value is -3.62. The van der Waals surface area contributed by atoms with Gasteiger partial charge in [0.1, 0.15) is 17.3 Å². The average Bonchev–Trinajstić information content (AvgIpc) is 2.87. The number of nitrogens with zero attached hydrogens (tertiary/aromatic N) is 2. The minimum Gasteiger partial charge on any atom is -0.494 e. The topological polar surface area (TPSA) is 106 Å². The Morgan fingerprint density at radius 1 is 1.25 bits per heavy atom. The largest absolute Gasteiger partial charge is 0.494 e. The SMILES string of the molecule is CCOc1ccc(C(=O)NC2CCOc3ccc(F)cc32)cc1CN1C(=O)CC(CC)(CC)N=C1N. The van der Waals surface area contributed by atoms with Crippen molar-refractivity contribution in [2.45, 2.75) is 64.6 Å². The van der Waals surface area contributed by atoms with Crippen LogP contribution in [0.1, 0.15) is 74.0 Å². The number of fused-ring (bicyclic) bond motifs is 1. The van der Waals surface area contributed by atoms with Gasteiger partial charge in [0.2, 0.25) is 5.91 Å². The first-order chi connectivity index (χ1) is 17.3. The molecule has 2 heterocycles. The summed E-state index contributed by atoms with van der Waals surface area (Å²) >= 11 is 0. The van der Waals surface area contributed by atoms with Crippen LogP contribution in [-0.4, -0.2) is 41.4 Å². The van der Waals surface area contributed by atoms with Crippen molar-refractivity contribution in [3.8, 4) is 11.5 Å². The average molecular weight is 497 g/mol. The Morgan fingerprint density at radius 3 is 2.72 bits per heavy atom. The summed E-state index contributed by atoms with van der Waals surface area (Å²) in [5, 5.41) is 2.99. The minimum absolute atomic E-state index is 0.107. The molecule has 192 valence electrons. The third kappa shape index (κ3) is 5.15. The maximum absolute atomic E-state index is 13.8. The molecule has 0 bridgehead atoms. The molecule has 1 atom stereocenters. The lowest BCUT2D eigenvalue weighted by atomic mass is 9.88. The highest BCUT2D eigenvalue weighted by atomic mass is 19.1. The fourth-order valence-corrected chi connectivity index (χ4v) is 4.74. The molecule has 0 aliphatic carbocycles. The van der Waals surface area contributed by atoms with Gasteiger partial charge in [0.05, 0.1) is 37.8 Å². The van der Waals surface area contributed by atoms with Crippen molar-refractivity contribution < 1.29 is 23.5 Å². The molecular formula is C27H33FN4O4. The van der Waals surface area contributed by atoms with Gasteiger partial charge >= 0.3 is 0 Å². The molecule has 4 rings (SSSR count). The molecule has 2 aromatic carbocycles. The number of carbonyl (C=O) groups is 2. The smallest absolute Gasteiger partial charge is 0.251 e. The Labute approximate surface area is 210 Å². The van der Waals surface area contributed by atoms with Gasteiger partial charge in [-0.05, 0) is 56.2 Å². The molecule has 3 N–H and O–H groups in total. The van der Waals surface area contributed by atoms with Crippen LogP contribution in [0.25, 0.3) is 0 Å². The number of ether oxygens (including phenoxy) is 2. The van der Waals surface area contributed by atoms with Crippen LogP contribution in [0.4, 0.5) is 4.39 Å². The summed E-state index contributed by atoms with van der Waals surface area (Å²) in [6.45, 7) is 6.86. The minimum atomic E-state index is -0.471. The number of halogens is 1. The first-order valence-electron chi connectivity index (χ1n) is 12.4. The third-order valence-electron chi connectivity index (χ3n) is 6.99. The number of nitrogens with two attached hydrogens (primary N) is 1. The quantitative estimate of drug-likeness (QED) is 0.573. The second kappa shape index (κ2) is 10.6. The van der Waals surface area contributed by atoms with E-state index in [-0.39, 0.29) is 42.6 Å². The van der Waals surface area contributed by atoms with Gasteiger partial charge in [0, 0.05) is 23.1 Å². The van der Waals surface area contributed by atoms with E-state index < -0.39 is 5.54 Å². The van der Waals surface area contributed by atoms with Crippen LogP contribution in [0.3, 0.4) is 0 Å². The Morgan fingerprint density at radius 2 is 2.03 bits per heavy atom. The molecular weight excluding hydrogens is 463 g/mol. The summed E-state index contributed by atoms with van der Waals surface area (Å²) in [6, 6.07) is 9.01. The molecule has 9 heteroatoms. The predicted molar refractivity (Wildman–Crippen MR) is 134 cm³/mol. The second-order valence-corrected chi connectivity index (χ2v) is 9.16. The molecule has 0 fully saturated rings. The summed E-state index contributed by atoms with van der Waals surface area (Å²) in [6.07, 6.45) is 2.26. The number of carbonyl (C=O) groups excluding carboxylic acids is 2. The molecule has 2 aliphatic heterocycles. The number of rotatable bonds is 8.